The Morgan fingerprint density at radius 1 is 1.69 bits per heavy atom. The van der Waals surface area contributed by atoms with Crippen molar-refractivity contribution in [2.45, 2.75) is 6.92 Å². The van der Waals surface area contributed by atoms with Crippen molar-refractivity contribution in [3.05, 3.63) is 23.6 Å². The van der Waals surface area contributed by atoms with E-state index in [9.17, 15) is 9.18 Å². The zero-order chi connectivity index (χ0) is 12.1. The number of rotatable bonds is 5. The monoisotopic (exact) mass is 228 g/mol. The molecule has 0 spiro atoms. The van der Waals surface area contributed by atoms with Gasteiger partial charge in [0.15, 0.2) is 11.6 Å². The number of carbonyl (C=O) groups is 1. The van der Waals surface area contributed by atoms with Crippen molar-refractivity contribution in [1.82, 2.24) is 4.98 Å². The third kappa shape index (κ3) is 2.90. The minimum Gasteiger partial charge on any atom is -0.478 e. The average molecular weight is 228 g/mol. The highest BCUT2D eigenvalue weighted by Gasteiger charge is 2.15. The fourth-order valence-electron chi connectivity index (χ4n) is 1.07. The van der Waals surface area contributed by atoms with Gasteiger partial charge in [-0.15, -0.1) is 0 Å². The van der Waals surface area contributed by atoms with Gasteiger partial charge in [0, 0.05) is 19.3 Å². The second-order valence-corrected chi connectivity index (χ2v) is 3.49. The molecule has 0 aliphatic rings. The van der Waals surface area contributed by atoms with Gasteiger partial charge < -0.3 is 15.5 Å². The van der Waals surface area contributed by atoms with Crippen LogP contribution in [-0.4, -0.2) is 34.3 Å². The van der Waals surface area contributed by atoms with Gasteiger partial charge in [0.25, 0.3) is 0 Å². The Bertz CT molecular complexity index is 384. The standard InChI is InChI=1S/C10H13FN2O3/c1-6(5-14)4-13-9-8(11)7(10(15)16)2-3-12-9/h2-3,6,14H,4-5H2,1H3,(H,12,13)(H,15,16). The Labute approximate surface area is 91.9 Å². The number of nitrogens with zero attached hydrogens (tertiary/aromatic N) is 1. The molecule has 1 unspecified atom stereocenters. The largest absolute Gasteiger partial charge is 0.478 e. The molecule has 3 N–H and O–H groups in total. The normalized spacial score (nSPS) is 12.2. The summed E-state index contributed by atoms with van der Waals surface area (Å²) in [6.07, 6.45) is 1.22. The van der Waals surface area contributed by atoms with E-state index in [0.717, 1.165) is 6.07 Å². The molecule has 0 radical (unpaired) electrons. The number of aliphatic hydroxyl groups excluding tert-OH is 1. The molecule has 1 rings (SSSR count). The van der Waals surface area contributed by atoms with Gasteiger partial charge in [-0.05, 0) is 12.0 Å². The Kier molecular flexibility index (Phi) is 4.19. The van der Waals surface area contributed by atoms with E-state index < -0.39 is 17.3 Å². The summed E-state index contributed by atoms with van der Waals surface area (Å²) in [5.74, 6) is -2.40. The van der Waals surface area contributed by atoms with Crippen molar-refractivity contribution in [2.75, 3.05) is 18.5 Å². The zero-order valence-corrected chi connectivity index (χ0v) is 8.77. The fourth-order valence-corrected chi connectivity index (χ4v) is 1.07. The number of aromatic carboxylic acids is 1. The van der Waals surface area contributed by atoms with Crippen molar-refractivity contribution < 1.29 is 19.4 Å². The van der Waals surface area contributed by atoms with E-state index in [-0.39, 0.29) is 18.3 Å². The van der Waals surface area contributed by atoms with Crippen LogP contribution in [0.15, 0.2) is 12.3 Å². The summed E-state index contributed by atoms with van der Waals surface area (Å²) in [6, 6.07) is 1.10. The molecule has 0 fully saturated rings. The summed E-state index contributed by atoms with van der Waals surface area (Å²) in [5.41, 5.74) is -0.422. The third-order valence-corrected chi connectivity index (χ3v) is 2.05. The zero-order valence-electron chi connectivity index (χ0n) is 8.77. The van der Waals surface area contributed by atoms with E-state index >= 15 is 0 Å². The molecule has 0 aromatic carbocycles. The number of nitrogens with one attached hydrogen (secondary N) is 1. The molecule has 0 aliphatic carbocycles. The summed E-state index contributed by atoms with van der Waals surface area (Å²) in [6.45, 7) is 2.06. The van der Waals surface area contributed by atoms with Gasteiger partial charge in [0.2, 0.25) is 0 Å². The summed E-state index contributed by atoms with van der Waals surface area (Å²) in [4.78, 5) is 14.3. The van der Waals surface area contributed by atoms with Crippen LogP contribution in [0.2, 0.25) is 0 Å². The van der Waals surface area contributed by atoms with E-state index in [1.165, 1.54) is 6.20 Å². The van der Waals surface area contributed by atoms with Crippen molar-refractivity contribution >= 4 is 11.8 Å². The molecule has 0 saturated carbocycles. The number of carboxylic acid groups (broad SMARTS) is 1. The molecule has 0 amide bonds. The first-order chi connectivity index (χ1) is 7.56. The number of halogens is 1. The summed E-state index contributed by atoms with van der Waals surface area (Å²) < 4.78 is 13.5. The highest BCUT2D eigenvalue weighted by molar-refractivity contribution is 5.88. The van der Waals surface area contributed by atoms with Crippen LogP contribution in [0.25, 0.3) is 0 Å². The SMILES string of the molecule is CC(CO)CNc1nccc(C(=O)O)c1F. The van der Waals surface area contributed by atoms with Gasteiger partial charge in [-0.2, -0.15) is 0 Å². The number of hydrogen-bond acceptors (Lipinski definition) is 4. The molecular formula is C10H13FN2O3. The number of carboxylic acids is 1. The second-order valence-electron chi connectivity index (χ2n) is 3.49. The van der Waals surface area contributed by atoms with Gasteiger partial charge >= 0.3 is 5.97 Å². The first-order valence-corrected chi connectivity index (χ1v) is 4.78. The fraction of sp³-hybridized carbons (Fsp3) is 0.400. The topological polar surface area (TPSA) is 82.5 Å². The smallest absolute Gasteiger partial charge is 0.338 e. The quantitative estimate of drug-likeness (QED) is 0.699. The number of aromatic nitrogens is 1. The predicted molar refractivity (Wildman–Crippen MR) is 55.9 cm³/mol. The Morgan fingerprint density at radius 2 is 2.38 bits per heavy atom. The van der Waals surface area contributed by atoms with Crippen LogP contribution < -0.4 is 5.32 Å². The lowest BCUT2D eigenvalue weighted by molar-refractivity contribution is 0.0692. The van der Waals surface area contributed by atoms with Crippen LogP contribution in [0.5, 0.6) is 0 Å². The minimum atomic E-state index is -1.34. The van der Waals surface area contributed by atoms with Crippen LogP contribution in [0.3, 0.4) is 0 Å². The van der Waals surface area contributed by atoms with Gasteiger partial charge in [-0.3, -0.25) is 0 Å². The predicted octanol–water partition coefficient (Wildman–Crippen LogP) is 0.959. The lowest BCUT2D eigenvalue weighted by Crippen LogP contribution is -2.17. The van der Waals surface area contributed by atoms with Gasteiger partial charge in [-0.25, -0.2) is 14.2 Å². The van der Waals surface area contributed by atoms with E-state index in [4.69, 9.17) is 10.2 Å². The van der Waals surface area contributed by atoms with Gasteiger partial charge in [0.1, 0.15) is 5.56 Å². The molecule has 0 aliphatic heterocycles. The Hall–Kier alpha value is -1.69. The van der Waals surface area contributed by atoms with Crippen LogP contribution in [-0.2, 0) is 0 Å². The summed E-state index contributed by atoms with van der Waals surface area (Å²) in [5, 5.41) is 20.1. The molecule has 0 saturated heterocycles. The van der Waals surface area contributed by atoms with Gasteiger partial charge in [-0.1, -0.05) is 6.92 Å². The van der Waals surface area contributed by atoms with E-state index in [0.29, 0.717) is 6.54 Å². The molecule has 5 nitrogen and oxygen atoms in total. The lowest BCUT2D eigenvalue weighted by atomic mass is 10.2. The molecule has 0 bridgehead atoms. The van der Waals surface area contributed by atoms with Crippen molar-refractivity contribution in [2.24, 2.45) is 5.92 Å². The molecule has 1 aromatic rings. The average Bonchev–Trinajstić information content (AvgIpc) is 2.26. The van der Waals surface area contributed by atoms with Crippen molar-refractivity contribution in [1.29, 1.82) is 0 Å². The summed E-state index contributed by atoms with van der Waals surface area (Å²) >= 11 is 0. The second kappa shape index (κ2) is 5.41. The summed E-state index contributed by atoms with van der Waals surface area (Å²) in [7, 11) is 0. The van der Waals surface area contributed by atoms with Crippen LogP contribution >= 0.6 is 0 Å². The maximum absolute atomic E-state index is 13.5. The van der Waals surface area contributed by atoms with E-state index in [1.54, 1.807) is 6.92 Å². The van der Waals surface area contributed by atoms with Crippen molar-refractivity contribution in [3.63, 3.8) is 0 Å². The molecule has 1 atom stereocenters. The first-order valence-electron chi connectivity index (χ1n) is 4.78. The molecule has 6 heteroatoms. The maximum Gasteiger partial charge on any atom is 0.338 e. The Balaban J connectivity index is 2.81. The molecular weight excluding hydrogens is 215 g/mol. The van der Waals surface area contributed by atoms with E-state index in [1.807, 2.05) is 0 Å². The van der Waals surface area contributed by atoms with Crippen LogP contribution in [0.1, 0.15) is 17.3 Å². The molecule has 88 valence electrons. The molecule has 1 heterocycles. The lowest BCUT2D eigenvalue weighted by Gasteiger charge is -2.11. The van der Waals surface area contributed by atoms with Crippen molar-refractivity contribution in [3.8, 4) is 0 Å². The molecule has 16 heavy (non-hydrogen) atoms. The maximum atomic E-state index is 13.5. The third-order valence-electron chi connectivity index (χ3n) is 2.05. The highest BCUT2D eigenvalue weighted by Crippen LogP contribution is 2.15. The first kappa shape index (κ1) is 12.4. The minimum absolute atomic E-state index is 0.0345. The van der Waals surface area contributed by atoms with Crippen LogP contribution in [0.4, 0.5) is 10.2 Å². The highest BCUT2D eigenvalue weighted by atomic mass is 19.1. The number of aliphatic hydroxyl groups is 1. The van der Waals surface area contributed by atoms with Crippen LogP contribution in [0, 0.1) is 11.7 Å². The number of pyridine rings is 1. The van der Waals surface area contributed by atoms with Gasteiger partial charge in [0.05, 0.1) is 0 Å². The number of anilines is 1. The Morgan fingerprint density at radius 3 is 2.94 bits per heavy atom. The number of hydrogen-bond donors (Lipinski definition) is 3. The van der Waals surface area contributed by atoms with E-state index in [2.05, 4.69) is 10.3 Å². The molecule has 1 aromatic heterocycles.